The van der Waals surface area contributed by atoms with E-state index in [9.17, 15) is 9.59 Å². The van der Waals surface area contributed by atoms with E-state index in [2.05, 4.69) is 0 Å². The largest absolute Gasteiger partial charge is 0.480 e. The summed E-state index contributed by atoms with van der Waals surface area (Å²) in [5.41, 5.74) is 5.52. The van der Waals surface area contributed by atoms with Crippen molar-refractivity contribution in [1.29, 1.82) is 0 Å². The van der Waals surface area contributed by atoms with Gasteiger partial charge in [-0.2, -0.15) is 0 Å². The molecule has 0 aliphatic heterocycles. The van der Waals surface area contributed by atoms with E-state index < -0.39 is 12.0 Å². The number of halogens is 1. The maximum atomic E-state index is 12.6. The third-order valence-electron chi connectivity index (χ3n) is 4.33. The number of carbonyl (C=O) groups is 2. The minimum atomic E-state index is -0.693. The minimum Gasteiger partial charge on any atom is -0.480 e. The Morgan fingerprint density at radius 3 is 2.57 bits per heavy atom. The molecule has 2 N–H and O–H groups in total. The van der Waals surface area contributed by atoms with Gasteiger partial charge in [-0.25, -0.2) is 0 Å². The summed E-state index contributed by atoms with van der Waals surface area (Å²) in [5.74, 6) is -0.454. The van der Waals surface area contributed by atoms with Gasteiger partial charge in [0, 0.05) is 18.1 Å². The van der Waals surface area contributed by atoms with Crippen LogP contribution in [0.1, 0.15) is 49.4 Å². The smallest absolute Gasteiger partial charge is 0.263 e. The van der Waals surface area contributed by atoms with Crippen molar-refractivity contribution in [3.8, 4) is 5.75 Å². The summed E-state index contributed by atoms with van der Waals surface area (Å²) in [5, 5.41) is 0.393. The van der Waals surface area contributed by atoms with Crippen molar-refractivity contribution in [2.75, 3.05) is 7.05 Å². The molecule has 0 heterocycles. The topological polar surface area (TPSA) is 72.6 Å². The van der Waals surface area contributed by atoms with Crippen molar-refractivity contribution in [2.24, 2.45) is 5.73 Å². The zero-order chi connectivity index (χ0) is 17.0. The van der Waals surface area contributed by atoms with E-state index in [1.165, 1.54) is 12.5 Å². The molecule has 1 saturated carbocycles. The van der Waals surface area contributed by atoms with Gasteiger partial charge in [0.05, 0.1) is 5.56 Å². The molecule has 1 atom stereocenters. The number of likely N-dealkylation sites (N-methyl/N-ethyl adjacent to an activating group) is 1. The van der Waals surface area contributed by atoms with Crippen molar-refractivity contribution in [1.82, 2.24) is 4.90 Å². The lowest BCUT2D eigenvalue weighted by atomic mass is 9.94. The van der Waals surface area contributed by atoms with Crippen molar-refractivity contribution < 1.29 is 14.3 Å². The second-order valence-electron chi connectivity index (χ2n) is 6.01. The summed E-state index contributed by atoms with van der Waals surface area (Å²) in [7, 11) is 1.81. The van der Waals surface area contributed by atoms with E-state index in [0.717, 1.165) is 25.7 Å². The second-order valence-corrected chi connectivity index (χ2v) is 6.44. The summed E-state index contributed by atoms with van der Waals surface area (Å²) < 4.78 is 5.68. The summed E-state index contributed by atoms with van der Waals surface area (Å²) in [6, 6.07) is 4.88. The van der Waals surface area contributed by atoms with Gasteiger partial charge in [-0.05, 0) is 38.0 Å². The normalized spacial score (nSPS) is 16.7. The van der Waals surface area contributed by atoms with Gasteiger partial charge in [0.1, 0.15) is 5.75 Å². The number of amides is 2. The van der Waals surface area contributed by atoms with Crippen LogP contribution in [0.3, 0.4) is 0 Å². The molecular formula is C17H23ClN2O3. The molecule has 1 aliphatic rings. The zero-order valence-electron chi connectivity index (χ0n) is 13.5. The first-order valence-electron chi connectivity index (χ1n) is 7.93. The Hall–Kier alpha value is -1.75. The molecule has 1 aliphatic carbocycles. The van der Waals surface area contributed by atoms with E-state index in [4.69, 9.17) is 22.1 Å². The monoisotopic (exact) mass is 338 g/mol. The second kappa shape index (κ2) is 7.68. The standard InChI is InChI=1S/C17H23ClN2O3/c1-11(17(22)20(2)13-6-4-3-5-7-13)23-15-9-8-12(18)10-14(15)16(19)21/h8-11,13H,3-7H2,1-2H3,(H2,19,21). The highest BCUT2D eigenvalue weighted by molar-refractivity contribution is 6.31. The van der Waals surface area contributed by atoms with Gasteiger partial charge in [0.2, 0.25) is 0 Å². The number of ether oxygens (including phenoxy) is 1. The summed E-state index contributed by atoms with van der Waals surface area (Å²) >= 11 is 5.87. The first-order chi connectivity index (χ1) is 10.9. The van der Waals surface area contributed by atoms with Crippen LogP contribution in [0.5, 0.6) is 5.75 Å². The van der Waals surface area contributed by atoms with Crippen LogP contribution in [-0.2, 0) is 4.79 Å². The van der Waals surface area contributed by atoms with E-state index in [-0.39, 0.29) is 23.3 Å². The molecular weight excluding hydrogens is 316 g/mol. The van der Waals surface area contributed by atoms with Crippen molar-refractivity contribution >= 4 is 23.4 Å². The van der Waals surface area contributed by atoms with Crippen LogP contribution < -0.4 is 10.5 Å². The fraction of sp³-hybridized carbons (Fsp3) is 0.529. The van der Waals surface area contributed by atoms with Crippen LogP contribution in [-0.4, -0.2) is 35.9 Å². The Morgan fingerprint density at radius 2 is 1.96 bits per heavy atom. The molecule has 6 heteroatoms. The molecule has 126 valence electrons. The van der Waals surface area contributed by atoms with E-state index in [1.807, 2.05) is 7.05 Å². The lowest BCUT2D eigenvalue weighted by Gasteiger charge is -2.33. The number of hydrogen-bond acceptors (Lipinski definition) is 3. The fourth-order valence-electron chi connectivity index (χ4n) is 2.97. The Bertz CT molecular complexity index is 585. The summed E-state index contributed by atoms with van der Waals surface area (Å²) in [6.07, 6.45) is 4.91. The molecule has 2 rings (SSSR count). The molecule has 0 radical (unpaired) electrons. The number of primary amides is 1. The molecule has 0 saturated heterocycles. The number of benzene rings is 1. The summed E-state index contributed by atoms with van der Waals surface area (Å²) in [4.78, 5) is 25.8. The molecule has 23 heavy (non-hydrogen) atoms. The number of nitrogens with zero attached hydrogens (tertiary/aromatic N) is 1. The molecule has 2 amide bonds. The third-order valence-corrected chi connectivity index (χ3v) is 4.56. The predicted molar refractivity (Wildman–Crippen MR) is 89.7 cm³/mol. The number of hydrogen-bond donors (Lipinski definition) is 1. The Morgan fingerprint density at radius 1 is 1.30 bits per heavy atom. The average molecular weight is 339 g/mol. The molecule has 1 fully saturated rings. The molecule has 1 unspecified atom stereocenters. The molecule has 1 aromatic carbocycles. The SMILES string of the molecule is CC(Oc1ccc(Cl)cc1C(N)=O)C(=O)N(C)C1CCCCC1. The van der Waals surface area contributed by atoms with Crippen LogP contribution in [0, 0.1) is 0 Å². The third kappa shape index (κ3) is 4.38. The highest BCUT2D eigenvalue weighted by Gasteiger charge is 2.27. The van der Waals surface area contributed by atoms with Crippen molar-refractivity contribution in [2.45, 2.75) is 51.2 Å². The summed E-state index contributed by atoms with van der Waals surface area (Å²) in [6.45, 7) is 1.68. The Kier molecular flexibility index (Phi) is 5.88. The van der Waals surface area contributed by atoms with E-state index in [0.29, 0.717) is 5.02 Å². The highest BCUT2D eigenvalue weighted by Crippen LogP contribution is 2.25. The van der Waals surface area contributed by atoms with Gasteiger partial charge in [-0.15, -0.1) is 0 Å². The van der Waals surface area contributed by atoms with Gasteiger partial charge >= 0.3 is 0 Å². The number of carbonyl (C=O) groups excluding carboxylic acids is 2. The number of nitrogens with two attached hydrogens (primary N) is 1. The average Bonchev–Trinajstić information content (AvgIpc) is 2.55. The lowest BCUT2D eigenvalue weighted by Crippen LogP contribution is -2.44. The molecule has 5 nitrogen and oxygen atoms in total. The molecule has 1 aromatic rings. The van der Waals surface area contributed by atoms with Crippen LogP contribution in [0.15, 0.2) is 18.2 Å². The highest BCUT2D eigenvalue weighted by atomic mass is 35.5. The van der Waals surface area contributed by atoms with Gasteiger partial charge in [-0.1, -0.05) is 30.9 Å². The maximum Gasteiger partial charge on any atom is 0.263 e. The van der Waals surface area contributed by atoms with Gasteiger partial charge < -0.3 is 15.4 Å². The van der Waals surface area contributed by atoms with E-state index >= 15 is 0 Å². The minimum absolute atomic E-state index is 0.0951. The van der Waals surface area contributed by atoms with Crippen LogP contribution in [0.4, 0.5) is 0 Å². The van der Waals surface area contributed by atoms with Crippen molar-refractivity contribution in [3.63, 3.8) is 0 Å². The lowest BCUT2D eigenvalue weighted by molar-refractivity contribution is -0.139. The maximum absolute atomic E-state index is 12.6. The van der Waals surface area contributed by atoms with Crippen LogP contribution >= 0.6 is 11.6 Å². The van der Waals surface area contributed by atoms with Gasteiger partial charge in [-0.3, -0.25) is 9.59 Å². The van der Waals surface area contributed by atoms with Crippen LogP contribution in [0.25, 0.3) is 0 Å². The molecule has 0 aromatic heterocycles. The first kappa shape index (κ1) is 17.6. The molecule has 0 spiro atoms. The van der Waals surface area contributed by atoms with E-state index in [1.54, 1.807) is 24.0 Å². The Labute approximate surface area is 141 Å². The van der Waals surface area contributed by atoms with Gasteiger partial charge in [0.15, 0.2) is 6.10 Å². The molecule has 0 bridgehead atoms. The van der Waals surface area contributed by atoms with Crippen molar-refractivity contribution in [3.05, 3.63) is 28.8 Å². The first-order valence-corrected chi connectivity index (χ1v) is 8.30. The Balaban J connectivity index is 2.07. The predicted octanol–water partition coefficient (Wildman–Crippen LogP) is 3.00. The quantitative estimate of drug-likeness (QED) is 0.897. The van der Waals surface area contributed by atoms with Crippen LogP contribution in [0.2, 0.25) is 5.02 Å². The number of rotatable bonds is 5. The fourth-order valence-corrected chi connectivity index (χ4v) is 3.15. The van der Waals surface area contributed by atoms with Gasteiger partial charge in [0.25, 0.3) is 11.8 Å². The zero-order valence-corrected chi connectivity index (χ0v) is 14.3.